The Balaban J connectivity index is 2.03. The molecule has 0 saturated heterocycles. The minimum absolute atomic E-state index is 0.0952. The molecule has 6 nitrogen and oxygen atoms in total. The van der Waals surface area contributed by atoms with E-state index >= 15 is 0 Å². The van der Waals surface area contributed by atoms with Gasteiger partial charge in [0.05, 0.1) is 0 Å². The van der Waals surface area contributed by atoms with E-state index in [0.29, 0.717) is 11.5 Å². The zero-order chi connectivity index (χ0) is 17.7. The lowest BCUT2D eigenvalue weighted by Gasteiger charge is -2.23. The number of furan rings is 1. The average molecular weight is 396 g/mol. The SMILES string of the molecule is CC(C)N(CC(=O)O)C(=O)c1ccc(COc2cccc(Br)c2)o1. The second kappa shape index (κ2) is 8.01. The van der Waals surface area contributed by atoms with Gasteiger partial charge < -0.3 is 19.2 Å². The van der Waals surface area contributed by atoms with Gasteiger partial charge in [-0.2, -0.15) is 0 Å². The monoisotopic (exact) mass is 395 g/mol. The van der Waals surface area contributed by atoms with Crippen LogP contribution in [0.2, 0.25) is 0 Å². The third-order valence-corrected chi connectivity index (χ3v) is 3.73. The number of carbonyl (C=O) groups excluding carboxylic acids is 1. The minimum Gasteiger partial charge on any atom is -0.486 e. The number of benzene rings is 1. The summed E-state index contributed by atoms with van der Waals surface area (Å²) >= 11 is 3.36. The number of nitrogens with zero attached hydrogens (tertiary/aromatic N) is 1. The minimum atomic E-state index is -1.07. The summed E-state index contributed by atoms with van der Waals surface area (Å²) in [5.41, 5.74) is 0. The molecular formula is C17H18BrNO5. The van der Waals surface area contributed by atoms with Crippen molar-refractivity contribution in [2.45, 2.75) is 26.5 Å². The highest BCUT2D eigenvalue weighted by Crippen LogP contribution is 2.20. The average Bonchev–Trinajstić information content (AvgIpc) is 2.98. The molecule has 1 N–H and O–H groups in total. The van der Waals surface area contributed by atoms with Crippen molar-refractivity contribution in [2.75, 3.05) is 6.54 Å². The summed E-state index contributed by atoms with van der Waals surface area (Å²) in [6.45, 7) is 3.30. The fourth-order valence-electron chi connectivity index (χ4n) is 2.06. The summed E-state index contributed by atoms with van der Waals surface area (Å²) < 4.78 is 12.0. The first-order valence-corrected chi connectivity index (χ1v) is 8.16. The van der Waals surface area contributed by atoms with E-state index in [1.807, 2.05) is 24.3 Å². The van der Waals surface area contributed by atoms with Gasteiger partial charge in [0.25, 0.3) is 5.91 Å². The van der Waals surface area contributed by atoms with Crippen molar-refractivity contribution in [3.63, 3.8) is 0 Å². The zero-order valence-corrected chi connectivity index (χ0v) is 14.9. The third kappa shape index (κ3) is 4.86. The Bertz CT molecular complexity index is 725. The van der Waals surface area contributed by atoms with Crippen LogP contribution in [0.1, 0.15) is 30.2 Å². The predicted octanol–water partition coefficient (Wildman–Crippen LogP) is 3.56. The van der Waals surface area contributed by atoms with E-state index in [4.69, 9.17) is 14.3 Å². The van der Waals surface area contributed by atoms with Crippen LogP contribution in [0.4, 0.5) is 0 Å². The van der Waals surface area contributed by atoms with Gasteiger partial charge in [0.1, 0.15) is 24.7 Å². The van der Waals surface area contributed by atoms with Crippen LogP contribution in [-0.2, 0) is 11.4 Å². The molecule has 128 valence electrons. The highest BCUT2D eigenvalue weighted by Gasteiger charge is 2.24. The topological polar surface area (TPSA) is 80.0 Å². The predicted molar refractivity (Wildman–Crippen MR) is 91.0 cm³/mol. The molecule has 0 fully saturated rings. The van der Waals surface area contributed by atoms with Crippen LogP contribution < -0.4 is 4.74 Å². The molecule has 0 unspecified atom stereocenters. The number of carboxylic acid groups (broad SMARTS) is 1. The van der Waals surface area contributed by atoms with E-state index in [2.05, 4.69) is 15.9 Å². The molecule has 1 heterocycles. The van der Waals surface area contributed by atoms with Gasteiger partial charge in [0.2, 0.25) is 0 Å². The molecule has 0 aliphatic rings. The molecule has 1 aromatic heterocycles. The van der Waals surface area contributed by atoms with E-state index in [-0.39, 0.29) is 25.0 Å². The van der Waals surface area contributed by atoms with Gasteiger partial charge in [-0.05, 0) is 44.2 Å². The van der Waals surface area contributed by atoms with Gasteiger partial charge in [0, 0.05) is 10.5 Å². The lowest BCUT2D eigenvalue weighted by molar-refractivity contribution is -0.138. The van der Waals surface area contributed by atoms with Crippen molar-refractivity contribution in [1.82, 2.24) is 4.90 Å². The first-order chi connectivity index (χ1) is 11.4. The number of hydrogen-bond donors (Lipinski definition) is 1. The van der Waals surface area contributed by atoms with Crippen molar-refractivity contribution < 1.29 is 23.8 Å². The standard InChI is InChI=1S/C17H18BrNO5/c1-11(2)19(9-16(20)21)17(22)15-7-6-14(24-15)10-23-13-5-3-4-12(18)8-13/h3-8,11H,9-10H2,1-2H3,(H,20,21). The van der Waals surface area contributed by atoms with Crippen molar-refractivity contribution >= 4 is 27.8 Å². The lowest BCUT2D eigenvalue weighted by Crippen LogP contribution is -2.40. The molecule has 1 amide bonds. The number of ether oxygens (including phenoxy) is 1. The number of hydrogen-bond acceptors (Lipinski definition) is 4. The fourth-order valence-corrected chi connectivity index (χ4v) is 2.44. The van der Waals surface area contributed by atoms with E-state index in [0.717, 1.165) is 4.47 Å². The molecule has 1 aromatic carbocycles. The van der Waals surface area contributed by atoms with Crippen LogP contribution in [0.25, 0.3) is 0 Å². The maximum absolute atomic E-state index is 12.4. The second-order valence-electron chi connectivity index (χ2n) is 5.43. The van der Waals surface area contributed by atoms with Crippen molar-refractivity contribution in [3.05, 3.63) is 52.4 Å². The Labute approximate surface area is 148 Å². The van der Waals surface area contributed by atoms with Crippen LogP contribution >= 0.6 is 15.9 Å². The molecule has 0 spiro atoms. The van der Waals surface area contributed by atoms with E-state index in [1.165, 1.54) is 11.0 Å². The highest BCUT2D eigenvalue weighted by molar-refractivity contribution is 9.10. The molecule has 0 bridgehead atoms. The van der Waals surface area contributed by atoms with Crippen LogP contribution in [-0.4, -0.2) is 34.5 Å². The molecule has 2 aromatic rings. The molecule has 0 atom stereocenters. The number of rotatable bonds is 7. The molecule has 7 heteroatoms. The number of carboxylic acids is 1. The first-order valence-electron chi connectivity index (χ1n) is 7.36. The van der Waals surface area contributed by atoms with E-state index in [1.54, 1.807) is 19.9 Å². The Hall–Kier alpha value is -2.28. The fraction of sp³-hybridized carbons (Fsp3) is 0.294. The van der Waals surface area contributed by atoms with Gasteiger partial charge in [-0.3, -0.25) is 9.59 Å². The van der Waals surface area contributed by atoms with Crippen LogP contribution in [0.15, 0.2) is 45.3 Å². The maximum atomic E-state index is 12.4. The Morgan fingerprint density at radius 3 is 2.67 bits per heavy atom. The summed E-state index contributed by atoms with van der Waals surface area (Å²) in [4.78, 5) is 24.5. The smallest absolute Gasteiger partial charge is 0.323 e. The van der Waals surface area contributed by atoms with Crippen LogP contribution in [0, 0.1) is 0 Å². The molecule has 0 aliphatic carbocycles. The Morgan fingerprint density at radius 1 is 1.29 bits per heavy atom. The zero-order valence-electron chi connectivity index (χ0n) is 13.4. The molecule has 0 radical (unpaired) electrons. The number of carbonyl (C=O) groups is 2. The summed E-state index contributed by atoms with van der Waals surface area (Å²) in [5.74, 6) is -0.276. The quantitative estimate of drug-likeness (QED) is 0.774. The van der Waals surface area contributed by atoms with Gasteiger partial charge >= 0.3 is 5.97 Å². The van der Waals surface area contributed by atoms with Crippen molar-refractivity contribution in [3.8, 4) is 5.75 Å². The molecule has 0 saturated carbocycles. The van der Waals surface area contributed by atoms with Crippen molar-refractivity contribution in [2.24, 2.45) is 0 Å². The largest absolute Gasteiger partial charge is 0.486 e. The van der Waals surface area contributed by atoms with E-state index < -0.39 is 11.9 Å². The molecule has 24 heavy (non-hydrogen) atoms. The second-order valence-corrected chi connectivity index (χ2v) is 6.35. The molecule has 0 aliphatic heterocycles. The number of aliphatic carboxylic acids is 1. The van der Waals surface area contributed by atoms with Crippen molar-refractivity contribution in [1.29, 1.82) is 0 Å². The number of amides is 1. The normalized spacial score (nSPS) is 10.7. The van der Waals surface area contributed by atoms with Gasteiger partial charge in [0.15, 0.2) is 5.76 Å². The van der Waals surface area contributed by atoms with Gasteiger partial charge in [-0.25, -0.2) is 0 Å². The van der Waals surface area contributed by atoms with Crippen LogP contribution in [0.3, 0.4) is 0 Å². The lowest BCUT2D eigenvalue weighted by atomic mass is 10.2. The third-order valence-electron chi connectivity index (χ3n) is 3.24. The summed E-state index contributed by atoms with van der Waals surface area (Å²) in [5, 5.41) is 8.92. The molecular weight excluding hydrogens is 378 g/mol. The first kappa shape index (κ1) is 18.1. The Kier molecular flexibility index (Phi) is 6.03. The maximum Gasteiger partial charge on any atom is 0.323 e. The Morgan fingerprint density at radius 2 is 2.04 bits per heavy atom. The molecule has 2 rings (SSSR count). The van der Waals surface area contributed by atoms with E-state index in [9.17, 15) is 9.59 Å². The summed E-state index contributed by atoms with van der Waals surface area (Å²) in [6, 6.07) is 10.3. The van der Waals surface area contributed by atoms with Crippen LogP contribution in [0.5, 0.6) is 5.75 Å². The van der Waals surface area contributed by atoms with Gasteiger partial charge in [-0.15, -0.1) is 0 Å². The summed E-state index contributed by atoms with van der Waals surface area (Å²) in [7, 11) is 0. The van der Waals surface area contributed by atoms with Gasteiger partial charge in [-0.1, -0.05) is 22.0 Å². The number of halogens is 1. The highest BCUT2D eigenvalue weighted by atomic mass is 79.9. The summed E-state index contributed by atoms with van der Waals surface area (Å²) in [6.07, 6.45) is 0.